The Hall–Kier alpha value is -2.00. The molecule has 0 spiro atoms. The van der Waals surface area contributed by atoms with E-state index in [9.17, 15) is 14.4 Å². The van der Waals surface area contributed by atoms with E-state index in [1.54, 1.807) is 4.90 Å². The Morgan fingerprint density at radius 2 is 2.14 bits per heavy atom. The van der Waals surface area contributed by atoms with Crippen LogP contribution in [0.3, 0.4) is 0 Å². The quantitative estimate of drug-likeness (QED) is 0.591. The summed E-state index contributed by atoms with van der Waals surface area (Å²) < 4.78 is 0. The van der Waals surface area contributed by atoms with Gasteiger partial charge in [-0.2, -0.15) is 0 Å². The number of likely N-dealkylation sites (tertiary alicyclic amines) is 1. The maximum atomic E-state index is 13.1. The number of thioether (sulfide) groups is 1. The van der Waals surface area contributed by atoms with Gasteiger partial charge in [-0.25, -0.2) is 4.79 Å². The molecular formula is C20H29N5O3S. The van der Waals surface area contributed by atoms with Gasteiger partial charge in [-0.05, 0) is 45.7 Å². The summed E-state index contributed by atoms with van der Waals surface area (Å²) in [5.74, 6) is -0.163. The number of hydrogen-bond acceptors (Lipinski definition) is 5. The van der Waals surface area contributed by atoms with Crippen LogP contribution in [0.4, 0.5) is 4.79 Å². The van der Waals surface area contributed by atoms with Crippen molar-refractivity contribution in [2.24, 2.45) is 5.92 Å². The number of piperidine rings is 2. The number of hydrogen-bond donors (Lipinski definition) is 3. The summed E-state index contributed by atoms with van der Waals surface area (Å²) in [7, 11) is 0. The molecule has 4 atom stereocenters. The van der Waals surface area contributed by atoms with Gasteiger partial charge in [-0.3, -0.25) is 9.59 Å². The first-order valence-corrected chi connectivity index (χ1v) is 11.2. The van der Waals surface area contributed by atoms with E-state index in [1.165, 1.54) is 17.8 Å². The van der Waals surface area contributed by atoms with E-state index in [-0.39, 0.29) is 47.3 Å². The fourth-order valence-electron chi connectivity index (χ4n) is 4.93. The van der Waals surface area contributed by atoms with E-state index < -0.39 is 0 Å². The minimum absolute atomic E-state index is 0.0910. The van der Waals surface area contributed by atoms with Gasteiger partial charge in [0.25, 0.3) is 5.91 Å². The summed E-state index contributed by atoms with van der Waals surface area (Å²) in [4.78, 5) is 42.0. The summed E-state index contributed by atoms with van der Waals surface area (Å²) in [5, 5.41) is 9.70. The van der Waals surface area contributed by atoms with Gasteiger partial charge in [0.05, 0.1) is 10.3 Å². The highest BCUT2D eigenvalue weighted by Crippen LogP contribution is 2.47. The van der Waals surface area contributed by atoms with Crippen molar-refractivity contribution in [3.05, 3.63) is 23.3 Å². The van der Waals surface area contributed by atoms with Gasteiger partial charge in [0.15, 0.2) is 0 Å². The molecule has 0 saturated carbocycles. The molecule has 4 amide bonds. The topological polar surface area (TPSA) is 93.8 Å². The lowest BCUT2D eigenvalue weighted by atomic mass is 9.86. The van der Waals surface area contributed by atoms with Crippen molar-refractivity contribution in [1.82, 2.24) is 25.8 Å². The van der Waals surface area contributed by atoms with Gasteiger partial charge >= 0.3 is 6.03 Å². The standard InChI is InChI=1S/C20H29N5O3S/c1-4-14(26)24-9-5-6-12(10-24)22-18(27)17-16-15-13(7-8-21-19(15)29-17)25(11(2)3)20(28)23-16/h4,11-13,15,19,21H,1,5-10H2,2-3H3,(H,22,27)(H,23,28)/t12-,13?,15?,19?/m1/s1. The molecule has 158 valence electrons. The average Bonchev–Trinajstić information content (AvgIpc) is 3.07. The Balaban J connectivity index is 1.52. The van der Waals surface area contributed by atoms with Gasteiger partial charge in [0.2, 0.25) is 5.91 Å². The van der Waals surface area contributed by atoms with Crippen LogP contribution in [0.25, 0.3) is 0 Å². The third-order valence-corrected chi connectivity index (χ3v) is 7.54. The molecule has 4 rings (SSSR count). The molecule has 3 saturated heterocycles. The first-order valence-electron chi connectivity index (χ1n) is 10.4. The monoisotopic (exact) mass is 419 g/mol. The molecule has 0 radical (unpaired) electrons. The molecule has 0 aromatic rings. The molecule has 0 aromatic carbocycles. The summed E-state index contributed by atoms with van der Waals surface area (Å²) in [6, 6.07) is 0.00814. The van der Waals surface area contributed by atoms with Crippen molar-refractivity contribution in [2.75, 3.05) is 19.6 Å². The predicted octanol–water partition coefficient (Wildman–Crippen LogP) is 0.976. The molecular weight excluding hydrogens is 390 g/mol. The Morgan fingerprint density at radius 1 is 1.34 bits per heavy atom. The second-order valence-corrected chi connectivity index (χ2v) is 9.50. The van der Waals surface area contributed by atoms with Gasteiger partial charge in [0.1, 0.15) is 0 Å². The minimum Gasteiger partial charge on any atom is -0.347 e. The summed E-state index contributed by atoms with van der Waals surface area (Å²) in [5.41, 5.74) is 0.756. The van der Waals surface area contributed by atoms with E-state index in [0.717, 1.165) is 31.5 Å². The lowest BCUT2D eigenvalue weighted by Gasteiger charge is -2.47. The number of carbonyl (C=O) groups is 3. The Morgan fingerprint density at radius 3 is 2.86 bits per heavy atom. The number of carbonyl (C=O) groups excluding carboxylic acids is 3. The van der Waals surface area contributed by atoms with Gasteiger partial charge < -0.3 is 25.8 Å². The van der Waals surface area contributed by atoms with Crippen LogP contribution in [-0.4, -0.2) is 70.8 Å². The van der Waals surface area contributed by atoms with Gasteiger partial charge in [-0.1, -0.05) is 18.3 Å². The molecule has 0 aromatic heterocycles. The number of nitrogens with zero attached hydrogens (tertiary/aromatic N) is 2. The van der Waals surface area contributed by atoms with E-state index in [2.05, 4.69) is 22.5 Å². The first-order chi connectivity index (χ1) is 13.9. The van der Waals surface area contributed by atoms with E-state index >= 15 is 0 Å². The summed E-state index contributed by atoms with van der Waals surface area (Å²) in [6.45, 7) is 9.62. The van der Waals surface area contributed by atoms with Crippen LogP contribution in [0, 0.1) is 5.92 Å². The molecule has 4 aliphatic heterocycles. The summed E-state index contributed by atoms with van der Waals surface area (Å²) >= 11 is 1.51. The average molecular weight is 420 g/mol. The number of urea groups is 1. The first kappa shape index (κ1) is 20.3. The second kappa shape index (κ2) is 8.02. The van der Waals surface area contributed by atoms with Crippen molar-refractivity contribution >= 4 is 29.6 Å². The fraction of sp³-hybridized carbons (Fsp3) is 0.650. The van der Waals surface area contributed by atoms with Crippen molar-refractivity contribution in [1.29, 1.82) is 0 Å². The highest BCUT2D eigenvalue weighted by Gasteiger charge is 2.51. The predicted molar refractivity (Wildman–Crippen MR) is 112 cm³/mol. The zero-order valence-electron chi connectivity index (χ0n) is 16.9. The van der Waals surface area contributed by atoms with Crippen LogP contribution in [0.5, 0.6) is 0 Å². The molecule has 29 heavy (non-hydrogen) atoms. The highest BCUT2D eigenvalue weighted by molar-refractivity contribution is 8.04. The Labute approximate surface area is 175 Å². The van der Waals surface area contributed by atoms with E-state index in [4.69, 9.17) is 0 Å². The van der Waals surface area contributed by atoms with Gasteiger partial charge in [-0.15, -0.1) is 0 Å². The third-order valence-electron chi connectivity index (χ3n) is 6.19. The van der Waals surface area contributed by atoms with E-state index in [1.807, 2.05) is 18.7 Å². The smallest absolute Gasteiger partial charge is 0.322 e. The van der Waals surface area contributed by atoms with Crippen molar-refractivity contribution in [3.8, 4) is 0 Å². The zero-order valence-corrected chi connectivity index (χ0v) is 17.8. The maximum absolute atomic E-state index is 13.1. The molecule has 3 fully saturated rings. The largest absolute Gasteiger partial charge is 0.347 e. The number of amides is 4. The molecule has 0 aliphatic carbocycles. The number of rotatable bonds is 4. The Bertz CT molecular complexity index is 767. The highest BCUT2D eigenvalue weighted by atomic mass is 32.2. The van der Waals surface area contributed by atoms with Crippen molar-refractivity contribution in [3.63, 3.8) is 0 Å². The molecule has 8 nitrogen and oxygen atoms in total. The van der Waals surface area contributed by atoms with Gasteiger partial charge in [0, 0.05) is 42.8 Å². The SMILES string of the molecule is C=CC(=O)N1CCC[C@@H](NC(=O)C2=C3NC(=O)N(C(C)C)C4CCNC(S2)C34)C1. The second-order valence-electron chi connectivity index (χ2n) is 8.35. The van der Waals surface area contributed by atoms with Crippen LogP contribution < -0.4 is 16.0 Å². The minimum atomic E-state index is -0.156. The molecule has 4 heterocycles. The van der Waals surface area contributed by atoms with Crippen LogP contribution in [0.15, 0.2) is 23.3 Å². The van der Waals surface area contributed by atoms with E-state index in [0.29, 0.717) is 18.0 Å². The van der Waals surface area contributed by atoms with Crippen LogP contribution in [0.2, 0.25) is 0 Å². The van der Waals surface area contributed by atoms with Crippen LogP contribution in [0.1, 0.15) is 33.1 Å². The molecule has 4 aliphatic rings. The van der Waals surface area contributed by atoms with Crippen LogP contribution in [-0.2, 0) is 9.59 Å². The zero-order chi connectivity index (χ0) is 20.7. The summed E-state index contributed by atoms with van der Waals surface area (Å²) in [6.07, 6.45) is 3.88. The van der Waals surface area contributed by atoms with Crippen molar-refractivity contribution < 1.29 is 14.4 Å². The number of nitrogens with one attached hydrogen (secondary N) is 3. The Kier molecular flexibility index (Phi) is 5.61. The van der Waals surface area contributed by atoms with Crippen molar-refractivity contribution in [2.45, 2.75) is 56.6 Å². The fourth-order valence-corrected chi connectivity index (χ4v) is 6.33. The maximum Gasteiger partial charge on any atom is 0.322 e. The normalized spacial score (nSPS) is 31.5. The third kappa shape index (κ3) is 3.66. The molecule has 9 heteroatoms. The molecule has 0 bridgehead atoms. The lowest BCUT2D eigenvalue weighted by molar-refractivity contribution is -0.128. The van der Waals surface area contributed by atoms with Crippen LogP contribution >= 0.6 is 11.8 Å². The lowest BCUT2D eigenvalue weighted by Crippen LogP contribution is -2.63. The molecule has 3 N–H and O–H groups in total. The molecule has 3 unspecified atom stereocenters.